The molecule has 1 N–H and O–H groups in total. The molecule has 0 radical (unpaired) electrons. The van der Waals surface area contributed by atoms with Gasteiger partial charge in [0.1, 0.15) is 17.6 Å². The van der Waals surface area contributed by atoms with E-state index in [1.54, 1.807) is 0 Å². The SMILES string of the molecule is CC(C)c1nc2c(c(C3=CCOCC3)c1[C@H](O)c1ncc(C(F)(F)F)cc1F)C(O[Si](C)(C)C(C)(C)C)CC(C)(C)C2. The Balaban J connectivity index is 2.04. The first-order chi connectivity index (χ1) is 19.2. The van der Waals surface area contributed by atoms with E-state index in [0.29, 0.717) is 49.6 Å². The highest BCUT2D eigenvalue weighted by atomic mass is 28.4. The van der Waals surface area contributed by atoms with Crippen molar-refractivity contribution in [2.45, 2.75) is 110 Å². The predicted molar refractivity (Wildman–Crippen MR) is 158 cm³/mol. The Bertz CT molecular complexity index is 1360. The summed E-state index contributed by atoms with van der Waals surface area (Å²) in [4.78, 5) is 8.94. The second-order valence-corrected chi connectivity index (χ2v) is 19.0. The molecule has 4 rings (SSSR count). The highest BCUT2D eigenvalue weighted by Gasteiger charge is 2.45. The molecule has 0 saturated carbocycles. The molecule has 0 spiro atoms. The molecule has 10 heteroatoms. The molecule has 2 aromatic rings. The largest absolute Gasteiger partial charge is 0.417 e. The maximum atomic E-state index is 15.3. The lowest BCUT2D eigenvalue weighted by Gasteiger charge is -2.45. The zero-order valence-corrected chi connectivity index (χ0v) is 27.2. The van der Waals surface area contributed by atoms with Gasteiger partial charge in [0.05, 0.1) is 30.6 Å². The summed E-state index contributed by atoms with van der Waals surface area (Å²) < 4.78 is 67.9. The summed E-state index contributed by atoms with van der Waals surface area (Å²) in [7, 11) is -2.29. The van der Waals surface area contributed by atoms with Crippen LogP contribution in [0, 0.1) is 11.2 Å². The lowest BCUT2D eigenvalue weighted by atomic mass is 9.71. The third-order valence-electron chi connectivity index (χ3n) is 8.89. The van der Waals surface area contributed by atoms with Crippen LogP contribution >= 0.6 is 0 Å². The van der Waals surface area contributed by atoms with Crippen molar-refractivity contribution >= 4 is 13.9 Å². The summed E-state index contributed by atoms with van der Waals surface area (Å²) in [6.07, 6.45) is -2.19. The van der Waals surface area contributed by atoms with E-state index < -0.39 is 37.7 Å². The molecular formula is C32H44F4N2O3Si. The quantitative estimate of drug-likeness (QED) is 0.263. The van der Waals surface area contributed by atoms with Gasteiger partial charge in [0.2, 0.25) is 0 Å². The van der Waals surface area contributed by atoms with Crippen molar-refractivity contribution < 1.29 is 31.8 Å². The Hall–Kier alpha value is -2.14. The third kappa shape index (κ3) is 6.51. The Morgan fingerprint density at radius 1 is 1.14 bits per heavy atom. The van der Waals surface area contributed by atoms with Gasteiger partial charge in [0.15, 0.2) is 8.32 Å². The standard InChI is InChI=1S/C32H44F4N2O3Si/c1-18(2)27-26(29(39)28-21(33)14-20(17-37-28)32(34,35)36)24(19-10-12-40-13-11-19)25-22(38-27)15-31(6,7)16-23(25)41-42(8,9)30(3,4)5/h10,14,17-18,23,29,39H,11-13,15-16H2,1-9H3/t23?,29-/m0/s1. The predicted octanol–water partition coefficient (Wildman–Crippen LogP) is 8.68. The second kappa shape index (κ2) is 11.4. The molecule has 42 heavy (non-hydrogen) atoms. The molecule has 2 aromatic heterocycles. The first-order valence-corrected chi connectivity index (χ1v) is 17.6. The first-order valence-electron chi connectivity index (χ1n) is 14.7. The Morgan fingerprint density at radius 2 is 1.81 bits per heavy atom. The molecule has 5 nitrogen and oxygen atoms in total. The number of nitrogens with zero attached hydrogens (tertiary/aromatic N) is 2. The summed E-state index contributed by atoms with van der Waals surface area (Å²) in [5.41, 5.74) is 2.64. The molecule has 0 amide bonds. The van der Waals surface area contributed by atoms with Gasteiger partial charge in [-0.15, -0.1) is 0 Å². The van der Waals surface area contributed by atoms with Gasteiger partial charge in [-0.2, -0.15) is 13.2 Å². The van der Waals surface area contributed by atoms with Crippen LogP contribution in [0.1, 0.15) is 119 Å². The normalized spacial score (nSPS) is 20.4. The number of aliphatic hydroxyl groups excluding tert-OH is 1. The van der Waals surface area contributed by atoms with Gasteiger partial charge >= 0.3 is 6.18 Å². The molecule has 3 heterocycles. The van der Waals surface area contributed by atoms with Crippen LogP contribution in [0.5, 0.6) is 0 Å². The zero-order chi connectivity index (χ0) is 31.4. The third-order valence-corrected chi connectivity index (χ3v) is 13.4. The molecule has 1 aliphatic carbocycles. The second-order valence-electron chi connectivity index (χ2n) is 14.3. The molecule has 0 fully saturated rings. The van der Waals surface area contributed by atoms with Crippen LogP contribution in [-0.4, -0.2) is 36.6 Å². The average molecular weight is 609 g/mol. The van der Waals surface area contributed by atoms with E-state index in [2.05, 4.69) is 52.7 Å². The summed E-state index contributed by atoms with van der Waals surface area (Å²) in [5.74, 6) is -1.38. The molecule has 0 aromatic carbocycles. The number of aliphatic hydroxyl groups is 1. The van der Waals surface area contributed by atoms with E-state index in [0.717, 1.165) is 28.8 Å². The van der Waals surface area contributed by atoms with Crippen LogP contribution in [-0.2, 0) is 21.8 Å². The molecular weight excluding hydrogens is 564 g/mol. The Labute approximate surface area is 247 Å². The highest BCUT2D eigenvalue weighted by Crippen LogP contribution is 2.51. The number of halogens is 4. The molecule has 1 unspecified atom stereocenters. The number of ether oxygens (including phenoxy) is 1. The van der Waals surface area contributed by atoms with Crippen molar-refractivity contribution in [3.05, 3.63) is 63.5 Å². The highest BCUT2D eigenvalue weighted by molar-refractivity contribution is 6.74. The number of alkyl halides is 3. The van der Waals surface area contributed by atoms with Crippen molar-refractivity contribution in [1.29, 1.82) is 0 Å². The fourth-order valence-electron chi connectivity index (χ4n) is 5.69. The zero-order valence-electron chi connectivity index (χ0n) is 26.2. The maximum Gasteiger partial charge on any atom is 0.417 e. The van der Waals surface area contributed by atoms with Gasteiger partial charge in [0.25, 0.3) is 0 Å². The summed E-state index contributed by atoms with van der Waals surface area (Å²) in [5, 5.41) is 11.8. The number of hydrogen-bond acceptors (Lipinski definition) is 5. The first kappa shape index (κ1) is 32.8. The number of aromatic nitrogens is 2. The number of rotatable bonds is 6. The Kier molecular flexibility index (Phi) is 8.90. The van der Waals surface area contributed by atoms with Crippen LogP contribution in [0.25, 0.3) is 5.57 Å². The van der Waals surface area contributed by atoms with Gasteiger partial charge in [-0.05, 0) is 65.9 Å². The minimum absolute atomic E-state index is 0.0617. The molecule has 2 atom stereocenters. The fourth-order valence-corrected chi connectivity index (χ4v) is 6.95. The average Bonchev–Trinajstić information content (AvgIpc) is 2.85. The fraction of sp³-hybridized carbons (Fsp3) is 0.625. The van der Waals surface area contributed by atoms with Crippen LogP contribution in [0.4, 0.5) is 17.6 Å². The van der Waals surface area contributed by atoms with Crippen molar-refractivity contribution in [1.82, 2.24) is 9.97 Å². The summed E-state index contributed by atoms with van der Waals surface area (Å²) in [6, 6.07) is 0.395. The topological polar surface area (TPSA) is 64.5 Å². The van der Waals surface area contributed by atoms with Crippen LogP contribution in [0.3, 0.4) is 0 Å². The molecule has 232 valence electrons. The van der Waals surface area contributed by atoms with E-state index in [9.17, 15) is 18.3 Å². The van der Waals surface area contributed by atoms with Gasteiger partial charge in [-0.25, -0.2) is 4.39 Å². The minimum atomic E-state index is -4.76. The molecule has 0 saturated heterocycles. The van der Waals surface area contributed by atoms with E-state index in [1.807, 2.05) is 19.9 Å². The van der Waals surface area contributed by atoms with Gasteiger partial charge in [-0.1, -0.05) is 54.5 Å². The van der Waals surface area contributed by atoms with E-state index >= 15 is 4.39 Å². The number of hydrogen-bond donors (Lipinski definition) is 1. The van der Waals surface area contributed by atoms with E-state index in [4.69, 9.17) is 14.1 Å². The summed E-state index contributed by atoms with van der Waals surface area (Å²) >= 11 is 0. The van der Waals surface area contributed by atoms with Gasteiger partial charge in [0, 0.05) is 23.0 Å². The van der Waals surface area contributed by atoms with Crippen molar-refractivity contribution in [3.63, 3.8) is 0 Å². The van der Waals surface area contributed by atoms with Crippen molar-refractivity contribution in [2.24, 2.45) is 5.41 Å². The lowest BCUT2D eigenvalue weighted by Crippen LogP contribution is -2.44. The maximum absolute atomic E-state index is 15.3. The van der Waals surface area contributed by atoms with Gasteiger partial charge in [-0.3, -0.25) is 9.97 Å². The van der Waals surface area contributed by atoms with Crippen molar-refractivity contribution in [3.8, 4) is 0 Å². The van der Waals surface area contributed by atoms with Crippen molar-refractivity contribution in [2.75, 3.05) is 13.2 Å². The van der Waals surface area contributed by atoms with Crippen LogP contribution in [0.15, 0.2) is 18.3 Å². The monoisotopic (exact) mass is 608 g/mol. The Morgan fingerprint density at radius 3 is 2.33 bits per heavy atom. The minimum Gasteiger partial charge on any atom is -0.410 e. The summed E-state index contributed by atoms with van der Waals surface area (Å²) in [6.45, 7) is 20.1. The number of pyridine rings is 2. The van der Waals surface area contributed by atoms with E-state index in [1.165, 1.54) is 0 Å². The van der Waals surface area contributed by atoms with Gasteiger partial charge < -0.3 is 14.3 Å². The number of fused-ring (bicyclic) bond motifs is 1. The van der Waals surface area contributed by atoms with Crippen LogP contribution < -0.4 is 0 Å². The molecule has 0 bridgehead atoms. The molecule has 1 aliphatic heterocycles. The lowest BCUT2D eigenvalue weighted by molar-refractivity contribution is -0.138. The smallest absolute Gasteiger partial charge is 0.410 e. The van der Waals surface area contributed by atoms with Crippen LogP contribution in [0.2, 0.25) is 18.1 Å². The molecule has 2 aliphatic rings. The van der Waals surface area contributed by atoms with E-state index in [-0.39, 0.29) is 22.5 Å².